The van der Waals surface area contributed by atoms with Crippen LogP contribution in [0.2, 0.25) is 0 Å². The zero-order valence-electron chi connectivity index (χ0n) is 11.2. The van der Waals surface area contributed by atoms with Crippen molar-refractivity contribution in [2.24, 2.45) is 5.41 Å². The third kappa shape index (κ3) is 1.83. The number of hydrogen-bond acceptors (Lipinski definition) is 4. The highest BCUT2D eigenvalue weighted by molar-refractivity contribution is 5.98. The van der Waals surface area contributed by atoms with Crippen LogP contribution < -0.4 is 11.1 Å². The molecule has 1 saturated carbocycles. The number of nitrogen functional groups attached to an aromatic ring is 1. The number of anilines is 2. The summed E-state index contributed by atoms with van der Waals surface area (Å²) in [5.41, 5.74) is 7.79. The molecule has 4 heteroatoms. The van der Waals surface area contributed by atoms with E-state index in [9.17, 15) is 5.11 Å². The molecule has 0 spiro atoms. The Morgan fingerprint density at radius 2 is 2.16 bits per heavy atom. The molecule has 4 nitrogen and oxygen atoms in total. The molecule has 1 heterocycles. The Balaban J connectivity index is 1.92. The zero-order valence-corrected chi connectivity index (χ0v) is 11.2. The van der Waals surface area contributed by atoms with Crippen LogP contribution in [-0.2, 0) is 0 Å². The SMILES string of the molecule is CC1(C)C(O)CC1Nc1ccc2cnccc2c1N. The molecule has 3 rings (SSSR count). The van der Waals surface area contributed by atoms with Crippen molar-refractivity contribution in [2.45, 2.75) is 32.4 Å². The van der Waals surface area contributed by atoms with E-state index in [4.69, 9.17) is 5.73 Å². The molecule has 4 N–H and O–H groups in total. The van der Waals surface area contributed by atoms with Crippen molar-refractivity contribution >= 4 is 22.1 Å². The topological polar surface area (TPSA) is 71.2 Å². The fourth-order valence-electron chi connectivity index (χ4n) is 2.65. The number of nitrogens with zero attached hydrogens (tertiary/aromatic N) is 1. The van der Waals surface area contributed by atoms with Crippen molar-refractivity contribution in [2.75, 3.05) is 11.1 Å². The number of aliphatic hydroxyl groups excluding tert-OH is 1. The van der Waals surface area contributed by atoms with Crippen molar-refractivity contribution in [3.63, 3.8) is 0 Å². The average molecular weight is 257 g/mol. The van der Waals surface area contributed by atoms with Crippen LogP contribution in [0.1, 0.15) is 20.3 Å². The first-order chi connectivity index (χ1) is 9.00. The van der Waals surface area contributed by atoms with E-state index in [1.807, 2.05) is 24.4 Å². The molecule has 0 amide bonds. The van der Waals surface area contributed by atoms with Crippen LogP contribution in [-0.4, -0.2) is 22.2 Å². The van der Waals surface area contributed by atoms with Crippen molar-refractivity contribution < 1.29 is 5.11 Å². The Hall–Kier alpha value is -1.81. The normalized spacial score (nSPS) is 25.0. The first-order valence-electron chi connectivity index (χ1n) is 6.57. The van der Waals surface area contributed by atoms with Gasteiger partial charge in [0.2, 0.25) is 0 Å². The number of hydrogen-bond donors (Lipinski definition) is 3. The van der Waals surface area contributed by atoms with Crippen molar-refractivity contribution in [3.8, 4) is 0 Å². The monoisotopic (exact) mass is 257 g/mol. The number of nitrogens with two attached hydrogens (primary N) is 1. The molecule has 2 unspecified atom stereocenters. The molecule has 1 aliphatic rings. The minimum atomic E-state index is -0.240. The minimum absolute atomic E-state index is 0.111. The predicted molar refractivity (Wildman–Crippen MR) is 78.0 cm³/mol. The first-order valence-corrected chi connectivity index (χ1v) is 6.57. The molecule has 0 aliphatic heterocycles. The highest BCUT2D eigenvalue weighted by Gasteiger charge is 2.47. The first kappa shape index (κ1) is 12.2. The summed E-state index contributed by atoms with van der Waals surface area (Å²) >= 11 is 0. The molecule has 19 heavy (non-hydrogen) atoms. The molecular weight excluding hydrogens is 238 g/mol. The van der Waals surface area contributed by atoms with Crippen LogP contribution >= 0.6 is 0 Å². The lowest BCUT2D eigenvalue weighted by molar-refractivity contribution is -0.0510. The molecule has 0 radical (unpaired) electrons. The van der Waals surface area contributed by atoms with Gasteiger partial charge in [-0.2, -0.15) is 0 Å². The quantitative estimate of drug-likeness (QED) is 0.722. The van der Waals surface area contributed by atoms with Gasteiger partial charge in [-0.1, -0.05) is 19.9 Å². The second-order valence-corrected chi connectivity index (χ2v) is 5.89. The molecule has 2 atom stereocenters. The zero-order chi connectivity index (χ0) is 13.6. The van der Waals surface area contributed by atoms with Gasteiger partial charge in [0, 0.05) is 34.6 Å². The van der Waals surface area contributed by atoms with E-state index < -0.39 is 0 Å². The van der Waals surface area contributed by atoms with Gasteiger partial charge in [-0.25, -0.2) is 0 Å². The number of aromatic nitrogens is 1. The minimum Gasteiger partial charge on any atom is -0.397 e. The lowest BCUT2D eigenvalue weighted by Crippen LogP contribution is -2.56. The number of benzene rings is 1. The van der Waals surface area contributed by atoms with Crippen LogP contribution in [0.3, 0.4) is 0 Å². The number of nitrogens with one attached hydrogen (secondary N) is 1. The van der Waals surface area contributed by atoms with Crippen LogP contribution in [0.15, 0.2) is 30.6 Å². The number of aliphatic hydroxyl groups is 1. The molecule has 1 fully saturated rings. The van der Waals surface area contributed by atoms with Gasteiger partial charge in [0.05, 0.1) is 17.5 Å². The fraction of sp³-hybridized carbons (Fsp3) is 0.400. The van der Waals surface area contributed by atoms with Gasteiger partial charge in [-0.3, -0.25) is 4.98 Å². The third-order valence-electron chi connectivity index (χ3n) is 4.41. The molecule has 0 saturated heterocycles. The number of pyridine rings is 1. The third-order valence-corrected chi connectivity index (χ3v) is 4.41. The Morgan fingerprint density at radius 3 is 2.84 bits per heavy atom. The fourth-order valence-corrected chi connectivity index (χ4v) is 2.65. The second kappa shape index (κ2) is 4.10. The summed E-state index contributed by atoms with van der Waals surface area (Å²) in [5.74, 6) is 0. The molecule has 100 valence electrons. The van der Waals surface area contributed by atoms with Crippen molar-refractivity contribution in [3.05, 3.63) is 30.6 Å². The summed E-state index contributed by atoms with van der Waals surface area (Å²) in [6, 6.07) is 6.18. The van der Waals surface area contributed by atoms with E-state index >= 15 is 0 Å². The Morgan fingerprint density at radius 1 is 1.37 bits per heavy atom. The van der Waals surface area contributed by atoms with E-state index in [0.29, 0.717) is 0 Å². The Kier molecular flexibility index (Phi) is 2.64. The van der Waals surface area contributed by atoms with E-state index in [-0.39, 0.29) is 17.6 Å². The summed E-state index contributed by atoms with van der Waals surface area (Å²) < 4.78 is 0. The van der Waals surface area contributed by atoms with E-state index in [1.165, 1.54) is 0 Å². The van der Waals surface area contributed by atoms with Gasteiger partial charge in [0.25, 0.3) is 0 Å². The largest absolute Gasteiger partial charge is 0.397 e. The van der Waals surface area contributed by atoms with Crippen LogP contribution in [0, 0.1) is 5.41 Å². The Labute approximate surface area is 112 Å². The lowest BCUT2D eigenvalue weighted by Gasteiger charge is -2.50. The summed E-state index contributed by atoms with van der Waals surface area (Å²) in [5, 5.41) is 15.3. The maximum atomic E-state index is 9.79. The molecule has 1 aromatic heterocycles. The summed E-state index contributed by atoms with van der Waals surface area (Å²) in [4.78, 5) is 4.10. The summed E-state index contributed by atoms with van der Waals surface area (Å²) in [6.45, 7) is 4.14. The smallest absolute Gasteiger partial charge is 0.0630 e. The van der Waals surface area contributed by atoms with Crippen molar-refractivity contribution in [1.82, 2.24) is 4.98 Å². The molecule has 0 bridgehead atoms. The molecule has 2 aromatic rings. The predicted octanol–water partition coefficient (Wildman–Crippen LogP) is 2.39. The molecule has 1 aromatic carbocycles. The van der Waals surface area contributed by atoms with Gasteiger partial charge < -0.3 is 16.2 Å². The highest BCUT2D eigenvalue weighted by atomic mass is 16.3. The number of fused-ring (bicyclic) bond motifs is 1. The molecular formula is C15H19N3O. The maximum Gasteiger partial charge on any atom is 0.0630 e. The summed E-state index contributed by atoms with van der Waals surface area (Å²) in [6.07, 6.45) is 4.09. The maximum absolute atomic E-state index is 9.79. The van der Waals surface area contributed by atoms with Crippen LogP contribution in [0.4, 0.5) is 11.4 Å². The van der Waals surface area contributed by atoms with Crippen LogP contribution in [0.25, 0.3) is 10.8 Å². The highest BCUT2D eigenvalue weighted by Crippen LogP contribution is 2.43. The van der Waals surface area contributed by atoms with Gasteiger partial charge in [0.15, 0.2) is 0 Å². The van der Waals surface area contributed by atoms with E-state index in [0.717, 1.165) is 28.6 Å². The summed E-state index contributed by atoms with van der Waals surface area (Å²) in [7, 11) is 0. The molecule has 1 aliphatic carbocycles. The van der Waals surface area contributed by atoms with Crippen molar-refractivity contribution in [1.29, 1.82) is 0 Å². The van der Waals surface area contributed by atoms with Gasteiger partial charge in [-0.05, 0) is 18.6 Å². The van der Waals surface area contributed by atoms with E-state index in [1.54, 1.807) is 6.20 Å². The number of rotatable bonds is 2. The standard InChI is InChI=1S/C15H19N3O/c1-15(2)12(7-13(15)19)18-11-4-3-9-8-17-6-5-10(9)14(11)16/h3-6,8,12-13,18-19H,7,16H2,1-2H3. The van der Waals surface area contributed by atoms with Gasteiger partial charge in [-0.15, -0.1) is 0 Å². The lowest BCUT2D eigenvalue weighted by atomic mass is 9.64. The van der Waals surface area contributed by atoms with Crippen LogP contribution in [0.5, 0.6) is 0 Å². The van der Waals surface area contributed by atoms with Gasteiger partial charge in [0.1, 0.15) is 0 Å². The average Bonchev–Trinajstić information content (AvgIpc) is 2.41. The second-order valence-electron chi connectivity index (χ2n) is 5.89. The van der Waals surface area contributed by atoms with Gasteiger partial charge >= 0.3 is 0 Å². The van der Waals surface area contributed by atoms with E-state index in [2.05, 4.69) is 24.1 Å². The Bertz CT molecular complexity index is 624.